The van der Waals surface area contributed by atoms with Gasteiger partial charge in [-0.3, -0.25) is 4.79 Å². The van der Waals surface area contributed by atoms with Crippen LogP contribution in [0.2, 0.25) is 0 Å². The summed E-state index contributed by atoms with van der Waals surface area (Å²) in [5.41, 5.74) is 0.610. The van der Waals surface area contributed by atoms with Crippen molar-refractivity contribution in [1.82, 2.24) is 0 Å². The summed E-state index contributed by atoms with van der Waals surface area (Å²) in [4.78, 5) is 22.5. The van der Waals surface area contributed by atoms with Gasteiger partial charge in [0, 0.05) is 5.56 Å². The average molecular weight is 190 g/mol. The van der Waals surface area contributed by atoms with Crippen LogP contribution in [0.4, 0.5) is 0 Å². The summed E-state index contributed by atoms with van der Waals surface area (Å²) in [5, 5.41) is 0. The second-order valence-corrected chi connectivity index (χ2v) is 3.64. The summed E-state index contributed by atoms with van der Waals surface area (Å²) in [5.74, 6) is -0.548. The van der Waals surface area contributed by atoms with E-state index in [1.807, 2.05) is 19.9 Å². The molecule has 14 heavy (non-hydrogen) atoms. The lowest BCUT2D eigenvalue weighted by Crippen LogP contribution is -2.21. The summed E-state index contributed by atoms with van der Waals surface area (Å²) in [6.45, 7) is 3.75. The van der Waals surface area contributed by atoms with Crippen LogP contribution in [0, 0.1) is 11.8 Å². The highest BCUT2D eigenvalue weighted by Crippen LogP contribution is 2.14. The van der Waals surface area contributed by atoms with Crippen molar-refractivity contribution in [2.75, 3.05) is 0 Å². The second-order valence-electron chi connectivity index (χ2n) is 3.64. The monoisotopic (exact) mass is 190 g/mol. The van der Waals surface area contributed by atoms with Crippen LogP contribution >= 0.6 is 0 Å². The Balaban J connectivity index is 2.89. The van der Waals surface area contributed by atoms with Gasteiger partial charge in [-0.05, 0) is 5.92 Å². The molecule has 1 aromatic rings. The maximum absolute atomic E-state index is 11.8. The molecule has 1 aromatic carbocycles. The van der Waals surface area contributed by atoms with Crippen molar-refractivity contribution < 1.29 is 9.59 Å². The summed E-state index contributed by atoms with van der Waals surface area (Å²) < 4.78 is 0. The summed E-state index contributed by atoms with van der Waals surface area (Å²) in [6.07, 6.45) is 0.736. The van der Waals surface area contributed by atoms with Crippen molar-refractivity contribution in [3.63, 3.8) is 0 Å². The van der Waals surface area contributed by atoms with Crippen LogP contribution in [0.15, 0.2) is 30.3 Å². The van der Waals surface area contributed by atoms with Crippen molar-refractivity contribution in [3.8, 4) is 0 Å². The third-order valence-electron chi connectivity index (χ3n) is 2.23. The van der Waals surface area contributed by atoms with Gasteiger partial charge in [0.2, 0.25) is 0 Å². The smallest absolute Gasteiger partial charge is 0.173 e. The molecule has 0 aromatic heterocycles. The highest BCUT2D eigenvalue weighted by Gasteiger charge is 2.22. The van der Waals surface area contributed by atoms with Gasteiger partial charge in [-0.15, -0.1) is 0 Å². The maximum atomic E-state index is 11.8. The molecular weight excluding hydrogens is 176 g/mol. The van der Waals surface area contributed by atoms with Crippen LogP contribution < -0.4 is 0 Å². The molecular formula is C12H14O2. The first-order chi connectivity index (χ1) is 6.66. The highest BCUT2D eigenvalue weighted by atomic mass is 16.1. The highest BCUT2D eigenvalue weighted by molar-refractivity contribution is 6.05. The molecule has 1 unspecified atom stereocenters. The number of ketones is 1. The number of aldehydes is 1. The maximum Gasteiger partial charge on any atom is 0.173 e. The number of benzene rings is 1. The zero-order valence-corrected chi connectivity index (χ0v) is 8.44. The molecule has 0 fully saturated rings. The molecule has 1 atom stereocenters. The van der Waals surface area contributed by atoms with E-state index in [1.165, 1.54) is 0 Å². The minimum Gasteiger partial charge on any atom is -0.303 e. The molecule has 0 bridgehead atoms. The third-order valence-corrected chi connectivity index (χ3v) is 2.23. The predicted octanol–water partition coefficient (Wildman–Crippen LogP) is 2.34. The molecule has 0 heterocycles. The van der Waals surface area contributed by atoms with Gasteiger partial charge in [0.15, 0.2) is 5.78 Å². The Morgan fingerprint density at radius 2 is 1.79 bits per heavy atom. The number of hydrogen-bond donors (Lipinski definition) is 0. The van der Waals surface area contributed by atoms with Crippen LogP contribution in [-0.2, 0) is 4.79 Å². The van der Waals surface area contributed by atoms with Crippen molar-refractivity contribution in [2.45, 2.75) is 13.8 Å². The first-order valence-corrected chi connectivity index (χ1v) is 4.71. The van der Waals surface area contributed by atoms with Gasteiger partial charge >= 0.3 is 0 Å². The van der Waals surface area contributed by atoms with Gasteiger partial charge < -0.3 is 4.79 Å². The van der Waals surface area contributed by atoms with Gasteiger partial charge in [-0.1, -0.05) is 44.2 Å². The topological polar surface area (TPSA) is 34.1 Å². The van der Waals surface area contributed by atoms with Crippen LogP contribution in [0.25, 0.3) is 0 Å². The van der Waals surface area contributed by atoms with E-state index in [-0.39, 0.29) is 11.7 Å². The Morgan fingerprint density at radius 3 is 2.21 bits per heavy atom. The van der Waals surface area contributed by atoms with E-state index in [0.29, 0.717) is 5.56 Å². The second kappa shape index (κ2) is 4.70. The molecule has 0 saturated carbocycles. The lowest BCUT2D eigenvalue weighted by Gasteiger charge is -2.12. The lowest BCUT2D eigenvalue weighted by molar-refractivity contribution is -0.110. The fourth-order valence-corrected chi connectivity index (χ4v) is 1.32. The molecule has 0 spiro atoms. The third kappa shape index (κ3) is 2.28. The van der Waals surface area contributed by atoms with E-state index < -0.39 is 5.92 Å². The molecule has 0 aliphatic heterocycles. The van der Waals surface area contributed by atoms with E-state index >= 15 is 0 Å². The van der Waals surface area contributed by atoms with Gasteiger partial charge in [-0.2, -0.15) is 0 Å². The summed E-state index contributed by atoms with van der Waals surface area (Å²) in [7, 11) is 0. The molecule has 0 aliphatic rings. The first kappa shape index (κ1) is 10.6. The average Bonchev–Trinajstić information content (AvgIpc) is 2.19. The summed E-state index contributed by atoms with van der Waals surface area (Å²) in [6, 6.07) is 8.93. The van der Waals surface area contributed by atoms with E-state index in [2.05, 4.69) is 0 Å². The van der Waals surface area contributed by atoms with Gasteiger partial charge in [0.05, 0.1) is 5.92 Å². The number of hydrogen-bond acceptors (Lipinski definition) is 2. The molecule has 0 aliphatic carbocycles. The van der Waals surface area contributed by atoms with Gasteiger partial charge in [-0.25, -0.2) is 0 Å². The zero-order valence-electron chi connectivity index (χ0n) is 8.44. The molecule has 2 heteroatoms. The SMILES string of the molecule is CC(C)C(C=O)C(=O)c1ccccc1. The van der Waals surface area contributed by atoms with E-state index in [1.54, 1.807) is 24.3 Å². The van der Waals surface area contributed by atoms with E-state index in [0.717, 1.165) is 6.29 Å². The Labute approximate surface area is 83.9 Å². The standard InChI is InChI=1S/C12H14O2/c1-9(2)11(8-13)12(14)10-6-4-3-5-7-10/h3-9,11H,1-2H3. The van der Waals surface area contributed by atoms with Crippen LogP contribution in [0.1, 0.15) is 24.2 Å². The molecule has 0 saturated heterocycles. The first-order valence-electron chi connectivity index (χ1n) is 4.71. The Morgan fingerprint density at radius 1 is 1.21 bits per heavy atom. The van der Waals surface area contributed by atoms with Crippen molar-refractivity contribution in [2.24, 2.45) is 11.8 Å². The van der Waals surface area contributed by atoms with Crippen LogP contribution in [-0.4, -0.2) is 12.1 Å². The van der Waals surface area contributed by atoms with Gasteiger partial charge in [0.1, 0.15) is 6.29 Å². The van der Waals surface area contributed by atoms with Crippen molar-refractivity contribution in [3.05, 3.63) is 35.9 Å². The van der Waals surface area contributed by atoms with E-state index in [9.17, 15) is 9.59 Å². The fraction of sp³-hybridized carbons (Fsp3) is 0.333. The molecule has 0 N–H and O–H groups in total. The largest absolute Gasteiger partial charge is 0.303 e. The van der Waals surface area contributed by atoms with Crippen LogP contribution in [0.3, 0.4) is 0 Å². The normalized spacial score (nSPS) is 12.5. The molecule has 1 rings (SSSR count). The Bertz CT molecular complexity index is 314. The number of rotatable bonds is 4. The lowest BCUT2D eigenvalue weighted by atomic mass is 9.89. The number of Topliss-reactive ketones (excluding diaryl/α,β-unsaturated/α-hetero) is 1. The van der Waals surface area contributed by atoms with Gasteiger partial charge in [0.25, 0.3) is 0 Å². The Hall–Kier alpha value is -1.44. The molecule has 0 amide bonds. The minimum absolute atomic E-state index is 0.0557. The molecule has 0 radical (unpaired) electrons. The van der Waals surface area contributed by atoms with E-state index in [4.69, 9.17) is 0 Å². The Kier molecular flexibility index (Phi) is 3.57. The quantitative estimate of drug-likeness (QED) is 0.415. The van der Waals surface area contributed by atoms with Crippen LogP contribution in [0.5, 0.6) is 0 Å². The molecule has 2 nitrogen and oxygen atoms in total. The van der Waals surface area contributed by atoms with Crippen molar-refractivity contribution >= 4 is 12.1 Å². The summed E-state index contributed by atoms with van der Waals surface area (Å²) >= 11 is 0. The predicted molar refractivity (Wildman–Crippen MR) is 55.2 cm³/mol. The number of carbonyl (C=O) groups excluding carboxylic acids is 2. The fourth-order valence-electron chi connectivity index (χ4n) is 1.32. The minimum atomic E-state index is -0.516. The van der Waals surface area contributed by atoms with Crippen molar-refractivity contribution in [1.29, 1.82) is 0 Å². The molecule has 74 valence electrons. The zero-order chi connectivity index (χ0) is 10.6. The number of carbonyl (C=O) groups is 2.